The van der Waals surface area contributed by atoms with Crippen LogP contribution >= 0.6 is 0 Å². The van der Waals surface area contributed by atoms with E-state index in [0.29, 0.717) is 23.4 Å². The number of ether oxygens (including phenoxy) is 1. The van der Waals surface area contributed by atoms with Gasteiger partial charge in [0.25, 0.3) is 0 Å². The highest BCUT2D eigenvalue weighted by Crippen LogP contribution is 2.40. The van der Waals surface area contributed by atoms with Gasteiger partial charge in [-0.25, -0.2) is 0 Å². The predicted molar refractivity (Wildman–Crippen MR) is 115 cm³/mol. The highest BCUT2D eigenvalue weighted by atomic mass is 16.5. The van der Waals surface area contributed by atoms with Gasteiger partial charge in [0.2, 0.25) is 5.78 Å². The molecule has 0 saturated carbocycles. The van der Waals surface area contributed by atoms with Crippen LogP contribution in [0, 0.1) is 0 Å². The molecule has 4 rings (SSSR count). The summed E-state index contributed by atoms with van der Waals surface area (Å²) in [6, 6.07) is 11.2. The van der Waals surface area contributed by atoms with Crippen LogP contribution in [0.3, 0.4) is 0 Å². The van der Waals surface area contributed by atoms with Crippen molar-refractivity contribution in [2.75, 3.05) is 13.1 Å². The molecule has 1 aromatic heterocycles. The smallest absolute Gasteiger partial charge is 0.231 e. The van der Waals surface area contributed by atoms with Gasteiger partial charge in [0.05, 0.1) is 11.1 Å². The summed E-state index contributed by atoms with van der Waals surface area (Å²) in [5, 5.41) is 11.5. The summed E-state index contributed by atoms with van der Waals surface area (Å²) in [4.78, 5) is 18.5. The number of para-hydroxylation sites is 1. The van der Waals surface area contributed by atoms with Crippen LogP contribution in [-0.4, -0.2) is 33.9 Å². The highest BCUT2D eigenvalue weighted by Gasteiger charge is 2.31. The summed E-state index contributed by atoms with van der Waals surface area (Å²) in [7, 11) is 0. The molecule has 0 amide bonds. The topological polar surface area (TPSA) is 65.6 Å². The molecule has 3 aromatic rings. The van der Waals surface area contributed by atoms with Crippen LogP contribution in [-0.2, 0) is 6.54 Å². The lowest BCUT2D eigenvalue weighted by Gasteiger charge is -2.22. The lowest BCUT2D eigenvalue weighted by Crippen LogP contribution is -2.25. The molecule has 0 aliphatic carbocycles. The molecule has 2 N–H and O–H groups in total. The highest BCUT2D eigenvalue weighted by molar-refractivity contribution is 6.15. The van der Waals surface area contributed by atoms with Crippen LogP contribution in [0.1, 0.15) is 48.2 Å². The molecule has 2 aromatic carbocycles. The minimum absolute atomic E-state index is 0.149. The third-order valence-corrected chi connectivity index (χ3v) is 5.29. The van der Waals surface area contributed by atoms with E-state index >= 15 is 0 Å². The maximum absolute atomic E-state index is 13.0. The number of rotatable bonds is 7. The number of benzene rings is 2. The number of hydrogen-bond donors (Lipinski definition) is 2. The van der Waals surface area contributed by atoms with Crippen LogP contribution in [0.25, 0.3) is 17.0 Å². The van der Waals surface area contributed by atoms with Crippen molar-refractivity contribution in [1.29, 1.82) is 0 Å². The van der Waals surface area contributed by atoms with Gasteiger partial charge in [0.15, 0.2) is 5.76 Å². The maximum atomic E-state index is 13.0. The number of hydrogen-bond acceptors (Lipinski definition) is 4. The summed E-state index contributed by atoms with van der Waals surface area (Å²) in [6.07, 6.45) is 5.71. The van der Waals surface area contributed by atoms with Crippen LogP contribution < -0.4 is 4.74 Å². The van der Waals surface area contributed by atoms with E-state index in [2.05, 4.69) is 23.7 Å². The number of allylic oxidation sites excluding steroid dienone is 1. The van der Waals surface area contributed by atoms with Gasteiger partial charge in [-0.2, -0.15) is 0 Å². The lowest BCUT2D eigenvalue weighted by atomic mass is 10.0. The van der Waals surface area contributed by atoms with E-state index in [9.17, 15) is 9.90 Å². The number of aromatic nitrogens is 1. The average molecular weight is 390 g/mol. The van der Waals surface area contributed by atoms with E-state index in [0.717, 1.165) is 42.4 Å². The number of aromatic amines is 1. The number of nitrogens with zero attached hydrogens (tertiary/aromatic N) is 1. The molecular formula is C24H26N2O3. The number of nitrogens with one attached hydrogen (secondary N) is 1. The maximum Gasteiger partial charge on any atom is 0.231 e. The average Bonchev–Trinajstić information content (AvgIpc) is 3.26. The van der Waals surface area contributed by atoms with Gasteiger partial charge in [-0.05, 0) is 50.2 Å². The Hall–Kier alpha value is -3.05. The van der Waals surface area contributed by atoms with E-state index in [1.54, 1.807) is 18.2 Å². The van der Waals surface area contributed by atoms with E-state index in [4.69, 9.17) is 4.74 Å². The Bertz CT molecular complexity index is 1070. The molecule has 2 heterocycles. The number of ketones is 1. The molecule has 1 aliphatic rings. The zero-order valence-electron chi connectivity index (χ0n) is 16.9. The van der Waals surface area contributed by atoms with Crippen molar-refractivity contribution >= 4 is 22.8 Å². The van der Waals surface area contributed by atoms with Crippen LogP contribution in [0.15, 0.2) is 48.4 Å². The zero-order chi connectivity index (χ0) is 20.4. The number of phenols is 1. The third kappa shape index (κ3) is 3.66. The molecule has 0 spiro atoms. The molecule has 5 nitrogen and oxygen atoms in total. The number of Topliss-reactive ketones (excluding diaryl/α,β-unsaturated/α-hetero) is 1. The lowest BCUT2D eigenvalue weighted by molar-refractivity contribution is 0.101. The molecule has 29 heavy (non-hydrogen) atoms. The Morgan fingerprint density at radius 2 is 1.86 bits per heavy atom. The SMILES string of the molecule is CCCN(CCC)Cc1c(O)ccc2c1O/C(=C\c1c[nH]c3ccccc13)C2=O. The van der Waals surface area contributed by atoms with Crippen molar-refractivity contribution < 1.29 is 14.6 Å². The second-order valence-corrected chi connectivity index (χ2v) is 7.45. The first-order chi connectivity index (χ1) is 14.1. The fraction of sp³-hybridized carbons (Fsp3) is 0.292. The number of carbonyl (C=O) groups excluding carboxylic acids is 1. The number of phenolic OH excluding ortho intramolecular Hbond substituents is 1. The number of aromatic hydroxyl groups is 1. The van der Waals surface area contributed by atoms with Crippen molar-refractivity contribution in [3.05, 3.63) is 65.0 Å². The fourth-order valence-electron chi connectivity index (χ4n) is 3.93. The monoisotopic (exact) mass is 390 g/mol. The fourth-order valence-corrected chi connectivity index (χ4v) is 3.93. The summed E-state index contributed by atoms with van der Waals surface area (Å²) < 4.78 is 6.02. The van der Waals surface area contributed by atoms with Gasteiger partial charge < -0.3 is 14.8 Å². The second kappa shape index (κ2) is 8.13. The summed E-state index contributed by atoms with van der Waals surface area (Å²) in [5.41, 5.74) is 3.11. The van der Waals surface area contributed by atoms with Crippen LogP contribution in [0.2, 0.25) is 0 Å². The van der Waals surface area contributed by atoms with Crippen molar-refractivity contribution in [3.8, 4) is 11.5 Å². The van der Waals surface area contributed by atoms with Gasteiger partial charge in [-0.3, -0.25) is 9.69 Å². The predicted octanol–water partition coefficient (Wildman–Crippen LogP) is 5.11. The Morgan fingerprint density at radius 3 is 2.62 bits per heavy atom. The first kappa shape index (κ1) is 19.3. The molecule has 5 heteroatoms. The zero-order valence-corrected chi connectivity index (χ0v) is 16.9. The Balaban J connectivity index is 1.69. The Labute approximate surface area is 170 Å². The third-order valence-electron chi connectivity index (χ3n) is 5.29. The Morgan fingerprint density at radius 1 is 1.10 bits per heavy atom. The largest absolute Gasteiger partial charge is 0.507 e. The molecule has 0 radical (unpaired) electrons. The molecule has 0 saturated heterocycles. The van der Waals surface area contributed by atoms with Gasteiger partial charge in [-0.15, -0.1) is 0 Å². The normalized spacial score (nSPS) is 14.7. The first-order valence-corrected chi connectivity index (χ1v) is 10.2. The summed E-state index contributed by atoms with van der Waals surface area (Å²) in [5.74, 6) is 0.790. The molecular weight excluding hydrogens is 364 g/mol. The van der Waals surface area contributed by atoms with Gasteiger partial charge in [0, 0.05) is 29.2 Å². The van der Waals surface area contributed by atoms with Crippen molar-refractivity contribution in [2.24, 2.45) is 0 Å². The van der Waals surface area contributed by atoms with Crippen molar-refractivity contribution in [2.45, 2.75) is 33.2 Å². The standard InChI is InChI=1S/C24H26N2O3/c1-3-11-26(12-4-2)15-19-21(27)10-9-18-23(28)22(29-24(18)19)13-16-14-25-20-8-6-5-7-17(16)20/h5-10,13-14,25,27H,3-4,11-12,15H2,1-2H3/b22-13-. The van der Waals surface area contributed by atoms with E-state index in [1.165, 1.54) is 0 Å². The van der Waals surface area contributed by atoms with Crippen molar-refractivity contribution in [3.63, 3.8) is 0 Å². The van der Waals surface area contributed by atoms with Gasteiger partial charge in [-0.1, -0.05) is 32.0 Å². The van der Waals surface area contributed by atoms with Gasteiger partial charge in [0.1, 0.15) is 11.5 Å². The summed E-state index contributed by atoms with van der Waals surface area (Å²) >= 11 is 0. The minimum Gasteiger partial charge on any atom is -0.507 e. The molecule has 1 aliphatic heterocycles. The van der Waals surface area contributed by atoms with Crippen LogP contribution in [0.5, 0.6) is 11.5 Å². The molecule has 0 atom stereocenters. The molecule has 0 unspecified atom stereocenters. The van der Waals surface area contributed by atoms with E-state index < -0.39 is 0 Å². The molecule has 0 fully saturated rings. The van der Waals surface area contributed by atoms with E-state index in [-0.39, 0.29) is 17.3 Å². The first-order valence-electron chi connectivity index (χ1n) is 10.2. The quantitative estimate of drug-likeness (QED) is 0.550. The summed E-state index contributed by atoms with van der Waals surface area (Å²) in [6.45, 7) is 6.70. The number of H-pyrrole nitrogens is 1. The van der Waals surface area contributed by atoms with E-state index in [1.807, 2.05) is 30.5 Å². The number of carbonyl (C=O) groups is 1. The van der Waals surface area contributed by atoms with Crippen molar-refractivity contribution in [1.82, 2.24) is 9.88 Å². The van der Waals surface area contributed by atoms with Crippen LogP contribution in [0.4, 0.5) is 0 Å². The Kier molecular flexibility index (Phi) is 5.41. The van der Waals surface area contributed by atoms with Gasteiger partial charge >= 0.3 is 0 Å². The second-order valence-electron chi connectivity index (χ2n) is 7.45. The number of fused-ring (bicyclic) bond motifs is 2. The molecule has 150 valence electrons. The molecule has 0 bridgehead atoms. The minimum atomic E-state index is -0.149.